The summed E-state index contributed by atoms with van der Waals surface area (Å²) < 4.78 is 0. The van der Waals surface area contributed by atoms with Crippen molar-refractivity contribution in [1.82, 2.24) is 14.8 Å². The lowest BCUT2D eigenvalue weighted by Crippen LogP contribution is -2.46. The number of phenols is 1. The molecule has 134 valence electrons. The summed E-state index contributed by atoms with van der Waals surface area (Å²) in [7, 11) is 0. The second-order valence-electron chi connectivity index (χ2n) is 6.98. The zero-order chi connectivity index (χ0) is 17.8. The van der Waals surface area contributed by atoms with Gasteiger partial charge >= 0.3 is 0 Å². The first kappa shape index (κ1) is 16.9. The summed E-state index contributed by atoms with van der Waals surface area (Å²) in [5.41, 5.74) is 5.05. The number of aromatic nitrogens is 1. The SMILES string of the molecule is Oc1ccc(CCN2CCN(C3=CC=Cc4cccnc4C3)CC2)cc1. The van der Waals surface area contributed by atoms with Crippen molar-refractivity contribution in [2.75, 3.05) is 32.7 Å². The molecule has 1 N–H and O–H groups in total. The summed E-state index contributed by atoms with van der Waals surface area (Å²) in [6, 6.07) is 11.7. The quantitative estimate of drug-likeness (QED) is 0.923. The fourth-order valence-electron chi connectivity index (χ4n) is 3.67. The Labute approximate surface area is 155 Å². The number of pyridine rings is 1. The van der Waals surface area contributed by atoms with Gasteiger partial charge < -0.3 is 10.0 Å². The van der Waals surface area contributed by atoms with Crippen LogP contribution in [-0.4, -0.2) is 52.6 Å². The molecule has 0 saturated carbocycles. The Morgan fingerprint density at radius 2 is 1.81 bits per heavy atom. The van der Waals surface area contributed by atoms with Gasteiger partial charge in [-0.3, -0.25) is 9.88 Å². The molecule has 1 aliphatic heterocycles. The van der Waals surface area contributed by atoms with E-state index < -0.39 is 0 Å². The minimum absolute atomic E-state index is 0.337. The van der Waals surface area contributed by atoms with Gasteiger partial charge in [-0.05, 0) is 41.8 Å². The van der Waals surface area contributed by atoms with Crippen molar-refractivity contribution in [3.8, 4) is 5.75 Å². The summed E-state index contributed by atoms with van der Waals surface area (Å²) in [5.74, 6) is 0.337. The van der Waals surface area contributed by atoms with Crippen molar-refractivity contribution in [3.05, 3.63) is 77.3 Å². The van der Waals surface area contributed by atoms with Gasteiger partial charge in [0.25, 0.3) is 0 Å². The Hall–Kier alpha value is -2.59. The third kappa shape index (κ3) is 3.97. The minimum atomic E-state index is 0.337. The van der Waals surface area contributed by atoms with Gasteiger partial charge in [-0.2, -0.15) is 0 Å². The van der Waals surface area contributed by atoms with Gasteiger partial charge in [0, 0.05) is 51.0 Å². The highest BCUT2D eigenvalue weighted by Gasteiger charge is 2.20. The molecule has 4 heteroatoms. The van der Waals surface area contributed by atoms with Gasteiger partial charge in [0.1, 0.15) is 5.75 Å². The topological polar surface area (TPSA) is 39.6 Å². The molecule has 26 heavy (non-hydrogen) atoms. The average Bonchev–Trinajstić information content (AvgIpc) is 2.90. The van der Waals surface area contributed by atoms with Gasteiger partial charge in [0.15, 0.2) is 0 Å². The van der Waals surface area contributed by atoms with Crippen LogP contribution >= 0.6 is 0 Å². The zero-order valence-electron chi connectivity index (χ0n) is 15.0. The van der Waals surface area contributed by atoms with Crippen LogP contribution in [0.25, 0.3) is 6.08 Å². The van der Waals surface area contributed by atoms with Crippen LogP contribution in [-0.2, 0) is 12.8 Å². The number of allylic oxidation sites excluding steroid dienone is 3. The first-order valence-electron chi connectivity index (χ1n) is 9.34. The molecular formula is C22H25N3O. The van der Waals surface area contributed by atoms with E-state index in [0.717, 1.165) is 45.6 Å². The second kappa shape index (κ2) is 7.75. The molecule has 2 aliphatic rings. The van der Waals surface area contributed by atoms with E-state index in [2.05, 4.69) is 39.1 Å². The Morgan fingerprint density at radius 3 is 2.62 bits per heavy atom. The normalized spacial score (nSPS) is 17.5. The van der Waals surface area contributed by atoms with Gasteiger partial charge in [0.05, 0.1) is 5.69 Å². The first-order chi connectivity index (χ1) is 12.8. The van der Waals surface area contributed by atoms with E-state index in [0.29, 0.717) is 5.75 Å². The summed E-state index contributed by atoms with van der Waals surface area (Å²) in [6.45, 7) is 5.39. The molecule has 1 saturated heterocycles. The predicted molar refractivity (Wildman–Crippen MR) is 105 cm³/mol. The van der Waals surface area contributed by atoms with Crippen molar-refractivity contribution in [1.29, 1.82) is 0 Å². The third-order valence-electron chi connectivity index (χ3n) is 5.27. The first-order valence-corrected chi connectivity index (χ1v) is 9.34. The van der Waals surface area contributed by atoms with Crippen LogP contribution in [0.3, 0.4) is 0 Å². The summed E-state index contributed by atoms with van der Waals surface area (Å²) in [5, 5.41) is 9.38. The molecule has 0 amide bonds. The zero-order valence-corrected chi connectivity index (χ0v) is 15.0. The highest BCUT2D eigenvalue weighted by atomic mass is 16.3. The maximum absolute atomic E-state index is 9.38. The van der Waals surface area contributed by atoms with Gasteiger partial charge in [-0.15, -0.1) is 0 Å². The van der Waals surface area contributed by atoms with E-state index in [-0.39, 0.29) is 0 Å². The molecule has 2 heterocycles. The van der Waals surface area contributed by atoms with Crippen molar-refractivity contribution in [2.24, 2.45) is 0 Å². The van der Waals surface area contributed by atoms with Crippen molar-refractivity contribution in [2.45, 2.75) is 12.8 Å². The molecule has 4 rings (SSSR count). The summed E-state index contributed by atoms with van der Waals surface area (Å²) >= 11 is 0. The Kier molecular flexibility index (Phi) is 5.02. The van der Waals surface area contributed by atoms with Crippen molar-refractivity contribution in [3.63, 3.8) is 0 Å². The fourth-order valence-corrected chi connectivity index (χ4v) is 3.67. The monoisotopic (exact) mass is 347 g/mol. The smallest absolute Gasteiger partial charge is 0.115 e. The number of hydrogen-bond acceptors (Lipinski definition) is 4. The minimum Gasteiger partial charge on any atom is -0.508 e. The molecule has 0 bridgehead atoms. The third-order valence-corrected chi connectivity index (χ3v) is 5.27. The van der Waals surface area contributed by atoms with Gasteiger partial charge in [-0.1, -0.05) is 30.4 Å². The number of rotatable bonds is 4. The molecule has 0 radical (unpaired) electrons. The van der Waals surface area contributed by atoms with E-state index in [9.17, 15) is 5.11 Å². The molecule has 2 aromatic rings. The standard InChI is InChI=1S/C22H25N3O/c26-21-8-6-18(7-9-21)10-12-24-13-15-25(16-14-24)20-5-1-3-19-4-2-11-23-22(19)17-20/h1-9,11,26H,10,12-17H2. The molecule has 0 unspecified atom stereocenters. The number of aromatic hydroxyl groups is 1. The van der Waals surface area contributed by atoms with Crippen LogP contribution in [0, 0.1) is 0 Å². The molecule has 1 fully saturated rings. The predicted octanol–water partition coefficient (Wildman–Crippen LogP) is 3.10. The fraction of sp³-hybridized carbons (Fsp3) is 0.318. The Balaban J connectivity index is 1.30. The van der Waals surface area contributed by atoms with Crippen LogP contribution in [0.4, 0.5) is 0 Å². The number of phenolic OH excluding ortho intramolecular Hbond substituents is 1. The molecule has 0 spiro atoms. The van der Waals surface area contributed by atoms with Crippen LogP contribution in [0.15, 0.2) is 60.4 Å². The molecule has 1 aromatic heterocycles. The lowest BCUT2D eigenvalue weighted by molar-refractivity contribution is 0.158. The lowest BCUT2D eigenvalue weighted by Gasteiger charge is -2.37. The molecule has 1 aromatic carbocycles. The Bertz CT molecular complexity index is 802. The highest BCUT2D eigenvalue weighted by Crippen LogP contribution is 2.21. The van der Waals surface area contributed by atoms with E-state index in [1.54, 1.807) is 12.1 Å². The van der Waals surface area contributed by atoms with Crippen LogP contribution < -0.4 is 0 Å². The molecule has 0 atom stereocenters. The number of fused-ring (bicyclic) bond motifs is 1. The van der Waals surface area contributed by atoms with E-state index >= 15 is 0 Å². The van der Waals surface area contributed by atoms with E-state index in [1.165, 1.54) is 22.5 Å². The largest absolute Gasteiger partial charge is 0.508 e. The lowest BCUT2D eigenvalue weighted by atomic mass is 10.1. The number of benzene rings is 1. The van der Waals surface area contributed by atoms with Gasteiger partial charge in [0.2, 0.25) is 0 Å². The Morgan fingerprint density at radius 1 is 1.00 bits per heavy atom. The van der Waals surface area contributed by atoms with Crippen LogP contribution in [0.5, 0.6) is 5.75 Å². The van der Waals surface area contributed by atoms with Crippen LogP contribution in [0.2, 0.25) is 0 Å². The number of nitrogens with zero attached hydrogens (tertiary/aromatic N) is 3. The average molecular weight is 347 g/mol. The van der Waals surface area contributed by atoms with Crippen molar-refractivity contribution >= 4 is 6.08 Å². The second-order valence-corrected chi connectivity index (χ2v) is 6.98. The summed E-state index contributed by atoms with van der Waals surface area (Å²) in [6.07, 6.45) is 10.4. The summed E-state index contributed by atoms with van der Waals surface area (Å²) in [4.78, 5) is 9.60. The maximum atomic E-state index is 9.38. The van der Waals surface area contributed by atoms with E-state index in [1.807, 2.05) is 24.4 Å². The highest BCUT2D eigenvalue weighted by molar-refractivity contribution is 5.56. The molecule has 1 aliphatic carbocycles. The molecular weight excluding hydrogens is 322 g/mol. The number of piperazine rings is 1. The maximum Gasteiger partial charge on any atom is 0.115 e. The number of hydrogen-bond donors (Lipinski definition) is 1. The van der Waals surface area contributed by atoms with Crippen LogP contribution in [0.1, 0.15) is 16.8 Å². The van der Waals surface area contributed by atoms with Gasteiger partial charge in [-0.25, -0.2) is 0 Å². The van der Waals surface area contributed by atoms with E-state index in [4.69, 9.17) is 0 Å². The molecule has 4 nitrogen and oxygen atoms in total. The van der Waals surface area contributed by atoms with Crippen molar-refractivity contribution < 1.29 is 5.11 Å².